The standard InChI is InChI=1S/C15H21N7O2/c1-20(2)12-7-5-11(6-8-12)17-14(23)10-22-16-9-13(19-22)18-15(24)21(3)4/h5-9H,10H2,1-4H3,(H,17,23)(H,18,19,24). The van der Waals surface area contributed by atoms with Gasteiger partial charge in [-0.1, -0.05) is 0 Å². The van der Waals surface area contributed by atoms with Crippen LogP contribution in [0.4, 0.5) is 22.0 Å². The summed E-state index contributed by atoms with van der Waals surface area (Å²) in [6, 6.07) is 7.17. The zero-order valence-corrected chi connectivity index (χ0v) is 14.1. The highest BCUT2D eigenvalue weighted by molar-refractivity contribution is 5.90. The van der Waals surface area contributed by atoms with E-state index in [4.69, 9.17) is 0 Å². The maximum atomic E-state index is 12.0. The predicted molar refractivity (Wildman–Crippen MR) is 92.1 cm³/mol. The first kappa shape index (κ1) is 17.3. The van der Waals surface area contributed by atoms with Gasteiger partial charge in [0.25, 0.3) is 0 Å². The summed E-state index contributed by atoms with van der Waals surface area (Å²) in [7, 11) is 7.14. The first-order chi connectivity index (χ1) is 11.3. The molecule has 0 aliphatic heterocycles. The number of anilines is 3. The van der Waals surface area contributed by atoms with Gasteiger partial charge in [0.2, 0.25) is 5.91 Å². The largest absolute Gasteiger partial charge is 0.378 e. The van der Waals surface area contributed by atoms with E-state index in [1.165, 1.54) is 15.9 Å². The van der Waals surface area contributed by atoms with E-state index in [2.05, 4.69) is 20.8 Å². The van der Waals surface area contributed by atoms with Gasteiger partial charge in [-0.05, 0) is 24.3 Å². The Morgan fingerprint density at radius 2 is 1.75 bits per heavy atom. The zero-order valence-electron chi connectivity index (χ0n) is 14.1. The van der Waals surface area contributed by atoms with Crippen molar-refractivity contribution >= 4 is 29.1 Å². The molecule has 0 fully saturated rings. The topological polar surface area (TPSA) is 95.4 Å². The third-order valence-corrected chi connectivity index (χ3v) is 3.13. The van der Waals surface area contributed by atoms with Gasteiger partial charge in [-0.25, -0.2) is 4.79 Å². The lowest BCUT2D eigenvalue weighted by Gasteiger charge is -2.13. The molecule has 9 heteroatoms. The highest BCUT2D eigenvalue weighted by Gasteiger charge is 2.10. The molecule has 0 radical (unpaired) electrons. The third kappa shape index (κ3) is 4.70. The highest BCUT2D eigenvalue weighted by atomic mass is 16.2. The van der Waals surface area contributed by atoms with Crippen LogP contribution in [-0.2, 0) is 11.3 Å². The molecule has 1 aromatic carbocycles. The van der Waals surface area contributed by atoms with Crippen LogP contribution < -0.4 is 15.5 Å². The number of carbonyl (C=O) groups excluding carboxylic acids is 2. The molecule has 1 aromatic heterocycles. The van der Waals surface area contributed by atoms with Crippen molar-refractivity contribution in [3.8, 4) is 0 Å². The normalized spacial score (nSPS) is 10.2. The van der Waals surface area contributed by atoms with Crippen LogP contribution in [0.15, 0.2) is 30.5 Å². The highest BCUT2D eigenvalue weighted by Crippen LogP contribution is 2.15. The molecule has 3 amide bonds. The number of urea groups is 1. The Bertz CT molecular complexity index is 707. The second-order valence-corrected chi connectivity index (χ2v) is 5.57. The molecule has 0 saturated heterocycles. The Morgan fingerprint density at radius 3 is 2.33 bits per heavy atom. The molecular formula is C15H21N7O2. The van der Waals surface area contributed by atoms with Crippen LogP contribution in [-0.4, -0.2) is 60.0 Å². The molecule has 128 valence electrons. The lowest BCUT2D eigenvalue weighted by Crippen LogP contribution is -2.27. The molecular weight excluding hydrogens is 310 g/mol. The van der Waals surface area contributed by atoms with E-state index in [0.29, 0.717) is 5.69 Å². The smallest absolute Gasteiger partial charge is 0.322 e. The molecule has 9 nitrogen and oxygen atoms in total. The number of rotatable bonds is 5. The summed E-state index contributed by atoms with van der Waals surface area (Å²) < 4.78 is 0. The first-order valence-electron chi connectivity index (χ1n) is 7.31. The average molecular weight is 331 g/mol. The molecule has 0 spiro atoms. The van der Waals surface area contributed by atoms with Crippen LogP contribution in [0.5, 0.6) is 0 Å². The van der Waals surface area contributed by atoms with Crippen LogP contribution in [0.2, 0.25) is 0 Å². The molecule has 2 aromatic rings. The maximum Gasteiger partial charge on any atom is 0.322 e. The van der Waals surface area contributed by atoms with Crippen LogP contribution in [0, 0.1) is 0 Å². The average Bonchev–Trinajstić information content (AvgIpc) is 2.94. The van der Waals surface area contributed by atoms with Gasteiger partial charge in [-0.2, -0.15) is 9.90 Å². The quantitative estimate of drug-likeness (QED) is 0.855. The molecule has 0 aliphatic rings. The van der Waals surface area contributed by atoms with E-state index < -0.39 is 0 Å². The number of benzene rings is 1. The molecule has 24 heavy (non-hydrogen) atoms. The molecule has 0 bridgehead atoms. The van der Waals surface area contributed by atoms with Gasteiger partial charge in [0, 0.05) is 39.6 Å². The fourth-order valence-corrected chi connectivity index (χ4v) is 1.82. The van der Waals surface area contributed by atoms with Crippen molar-refractivity contribution in [1.82, 2.24) is 19.9 Å². The van der Waals surface area contributed by atoms with Gasteiger partial charge in [0.15, 0.2) is 5.82 Å². The van der Waals surface area contributed by atoms with Crippen LogP contribution in [0.25, 0.3) is 0 Å². The number of nitrogens with zero attached hydrogens (tertiary/aromatic N) is 5. The summed E-state index contributed by atoms with van der Waals surface area (Å²) in [4.78, 5) is 28.1. The van der Waals surface area contributed by atoms with Crippen LogP contribution in [0.1, 0.15) is 0 Å². The van der Waals surface area contributed by atoms with Crippen molar-refractivity contribution in [3.05, 3.63) is 30.5 Å². The van der Waals surface area contributed by atoms with Gasteiger partial charge >= 0.3 is 6.03 Å². The van der Waals surface area contributed by atoms with Gasteiger partial charge in [-0.3, -0.25) is 10.1 Å². The second-order valence-electron chi connectivity index (χ2n) is 5.57. The minimum Gasteiger partial charge on any atom is -0.378 e. The van der Waals surface area contributed by atoms with E-state index >= 15 is 0 Å². The van der Waals surface area contributed by atoms with Crippen molar-refractivity contribution in [1.29, 1.82) is 0 Å². The Labute approximate surface area is 140 Å². The first-order valence-corrected chi connectivity index (χ1v) is 7.31. The van der Waals surface area contributed by atoms with Gasteiger partial charge < -0.3 is 15.1 Å². The number of hydrogen-bond donors (Lipinski definition) is 2. The predicted octanol–water partition coefficient (Wildman–Crippen LogP) is 1.08. The lowest BCUT2D eigenvalue weighted by atomic mass is 10.2. The van der Waals surface area contributed by atoms with Crippen molar-refractivity contribution in [3.63, 3.8) is 0 Å². The van der Waals surface area contributed by atoms with Gasteiger partial charge in [-0.15, -0.1) is 5.10 Å². The van der Waals surface area contributed by atoms with Gasteiger partial charge in [0.1, 0.15) is 6.54 Å². The Balaban J connectivity index is 1.90. The van der Waals surface area contributed by atoms with Crippen molar-refractivity contribution in [2.45, 2.75) is 6.54 Å². The Kier molecular flexibility index (Phi) is 5.35. The molecule has 0 saturated carbocycles. The summed E-state index contributed by atoms with van der Waals surface area (Å²) in [5.41, 5.74) is 1.74. The second kappa shape index (κ2) is 7.44. The van der Waals surface area contributed by atoms with E-state index in [0.717, 1.165) is 5.69 Å². The van der Waals surface area contributed by atoms with Crippen molar-refractivity contribution in [2.24, 2.45) is 0 Å². The van der Waals surface area contributed by atoms with Crippen LogP contribution in [0.3, 0.4) is 0 Å². The number of carbonyl (C=O) groups is 2. The van der Waals surface area contributed by atoms with E-state index in [9.17, 15) is 9.59 Å². The Hall–Kier alpha value is -3.10. The number of nitrogens with one attached hydrogen (secondary N) is 2. The number of hydrogen-bond acceptors (Lipinski definition) is 5. The SMILES string of the molecule is CN(C)C(=O)Nc1cnn(CC(=O)Nc2ccc(N(C)C)cc2)n1. The molecule has 0 unspecified atom stereocenters. The third-order valence-electron chi connectivity index (χ3n) is 3.13. The monoisotopic (exact) mass is 331 g/mol. The molecule has 1 heterocycles. The fraction of sp³-hybridized carbons (Fsp3) is 0.333. The van der Waals surface area contributed by atoms with Crippen molar-refractivity contribution < 1.29 is 9.59 Å². The molecule has 2 N–H and O–H groups in total. The summed E-state index contributed by atoms with van der Waals surface area (Å²) in [6.45, 7) is -0.0483. The lowest BCUT2D eigenvalue weighted by molar-refractivity contribution is -0.117. The molecule has 0 aliphatic carbocycles. The fourth-order valence-electron chi connectivity index (χ4n) is 1.82. The minimum atomic E-state index is -0.313. The van der Waals surface area contributed by atoms with Gasteiger partial charge in [0.05, 0.1) is 6.20 Å². The molecule has 2 rings (SSSR count). The maximum absolute atomic E-state index is 12.0. The zero-order chi connectivity index (χ0) is 17.7. The number of aromatic nitrogens is 3. The molecule has 0 atom stereocenters. The van der Waals surface area contributed by atoms with E-state index in [1.54, 1.807) is 14.1 Å². The number of amides is 3. The summed E-state index contributed by atoms with van der Waals surface area (Å²) in [6.07, 6.45) is 1.39. The van der Waals surface area contributed by atoms with E-state index in [-0.39, 0.29) is 24.3 Å². The van der Waals surface area contributed by atoms with Crippen molar-refractivity contribution in [2.75, 3.05) is 43.7 Å². The van der Waals surface area contributed by atoms with E-state index in [1.807, 2.05) is 43.3 Å². The minimum absolute atomic E-state index is 0.0483. The van der Waals surface area contributed by atoms with Crippen LogP contribution >= 0.6 is 0 Å². The Morgan fingerprint density at radius 1 is 1.08 bits per heavy atom. The summed E-state index contributed by atoms with van der Waals surface area (Å²) >= 11 is 0. The summed E-state index contributed by atoms with van der Waals surface area (Å²) in [5.74, 6) is 0.0329. The summed E-state index contributed by atoms with van der Waals surface area (Å²) in [5, 5.41) is 13.3.